The molecule has 0 spiro atoms. The van der Waals surface area contributed by atoms with Crippen molar-refractivity contribution in [2.75, 3.05) is 48.1 Å². The van der Waals surface area contributed by atoms with Crippen LogP contribution >= 0.6 is 11.8 Å². The quantitative estimate of drug-likeness (QED) is 0.738. The van der Waals surface area contributed by atoms with E-state index in [1.54, 1.807) is 0 Å². The number of hydrogen-bond donors (Lipinski definition) is 1. The van der Waals surface area contributed by atoms with Gasteiger partial charge in [-0.1, -0.05) is 11.8 Å². The number of amides is 1. The fourth-order valence-electron chi connectivity index (χ4n) is 3.32. The lowest BCUT2D eigenvalue weighted by Gasteiger charge is -2.17. The molecule has 2 aromatic rings. The van der Waals surface area contributed by atoms with Gasteiger partial charge in [-0.3, -0.25) is 9.36 Å². The third-order valence-corrected chi connectivity index (χ3v) is 5.89. The standard InChI is InChI=1S/C19H26N6OS/c1-23(2)15-7-5-14(6-8-15)20-17(26)13-27-19-22-21-18(24-11-3-4-12-24)25(19)16-9-10-16/h5-8,16H,3-4,9-13H2,1-2H3,(H,20,26). The summed E-state index contributed by atoms with van der Waals surface area (Å²) < 4.78 is 2.25. The molecule has 8 heteroatoms. The molecule has 27 heavy (non-hydrogen) atoms. The predicted octanol–water partition coefficient (Wildman–Crippen LogP) is 3.01. The predicted molar refractivity (Wildman–Crippen MR) is 110 cm³/mol. The van der Waals surface area contributed by atoms with Crippen LogP contribution in [0.3, 0.4) is 0 Å². The molecule has 0 unspecified atom stereocenters. The first-order valence-electron chi connectivity index (χ1n) is 9.52. The van der Waals surface area contributed by atoms with Crippen molar-refractivity contribution in [1.82, 2.24) is 14.8 Å². The van der Waals surface area contributed by atoms with E-state index in [0.29, 0.717) is 11.8 Å². The van der Waals surface area contributed by atoms with Crippen molar-refractivity contribution in [3.05, 3.63) is 24.3 Å². The Morgan fingerprint density at radius 1 is 1.19 bits per heavy atom. The lowest BCUT2D eigenvalue weighted by Crippen LogP contribution is -2.22. The van der Waals surface area contributed by atoms with E-state index in [4.69, 9.17) is 0 Å². The van der Waals surface area contributed by atoms with Gasteiger partial charge in [0.2, 0.25) is 11.9 Å². The van der Waals surface area contributed by atoms with Gasteiger partial charge in [0.1, 0.15) is 0 Å². The molecule has 1 aliphatic heterocycles. The number of benzene rings is 1. The molecule has 4 rings (SSSR count). The number of carbonyl (C=O) groups is 1. The molecule has 0 bridgehead atoms. The van der Waals surface area contributed by atoms with Gasteiger partial charge in [0.25, 0.3) is 0 Å². The summed E-state index contributed by atoms with van der Waals surface area (Å²) in [6.07, 6.45) is 4.79. The van der Waals surface area contributed by atoms with Crippen molar-refractivity contribution >= 4 is 35.0 Å². The first-order chi connectivity index (χ1) is 13.1. The summed E-state index contributed by atoms with van der Waals surface area (Å²) >= 11 is 1.47. The monoisotopic (exact) mass is 386 g/mol. The Balaban J connectivity index is 1.37. The topological polar surface area (TPSA) is 66.3 Å². The van der Waals surface area contributed by atoms with Crippen LogP contribution in [0.2, 0.25) is 0 Å². The number of carbonyl (C=O) groups excluding carboxylic acids is 1. The summed E-state index contributed by atoms with van der Waals surface area (Å²) in [6.45, 7) is 2.11. The zero-order chi connectivity index (χ0) is 18.8. The molecule has 1 amide bonds. The van der Waals surface area contributed by atoms with E-state index < -0.39 is 0 Å². The van der Waals surface area contributed by atoms with Crippen LogP contribution in [0.5, 0.6) is 0 Å². The molecule has 1 aromatic heterocycles. The van der Waals surface area contributed by atoms with Gasteiger partial charge in [-0.05, 0) is 49.9 Å². The van der Waals surface area contributed by atoms with Crippen molar-refractivity contribution in [3.63, 3.8) is 0 Å². The number of hydrogen-bond acceptors (Lipinski definition) is 6. The summed E-state index contributed by atoms with van der Waals surface area (Å²) in [4.78, 5) is 16.7. The van der Waals surface area contributed by atoms with Gasteiger partial charge in [-0.25, -0.2) is 0 Å². The Morgan fingerprint density at radius 2 is 1.89 bits per heavy atom. The third kappa shape index (κ3) is 4.21. The minimum Gasteiger partial charge on any atom is -0.378 e. The van der Waals surface area contributed by atoms with E-state index in [-0.39, 0.29) is 5.91 Å². The van der Waals surface area contributed by atoms with Crippen LogP contribution in [0, 0.1) is 0 Å². The number of nitrogens with zero attached hydrogens (tertiary/aromatic N) is 5. The van der Waals surface area contributed by atoms with Crippen LogP contribution in [0.1, 0.15) is 31.7 Å². The van der Waals surface area contributed by atoms with Crippen LogP contribution < -0.4 is 15.1 Å². The van der Waals surface area contributed by atoms with E-state index in [0.717, 1.165) is 35.6 Å². The Labute approximate surface area is 164 Å². The van der Waals surface area contributed by atoms with Crippen LogP contribution in [-0.2, 0) is 4.79 Å². The second kappa shape index (κ2) is 7.80. The molecule has 1 aromatic carbocycles. The van der Waals surface area contributed by atoms with E-state index in [2.05, 4.69) is 25.0 Å². The van der Waals surface area contributed by atoms with Gasteiger partial charge >= 0.3 is 0 Å². The minimum absolute atomic E-state index is 0.0225. The molecule has 0 radical (unpaired) electrons. The summed E-state index contributed by atoms with van der Waals surface area (Å²) in [5.74, 6) is 1.29. The average Bonchev–Trinajstić information content (AvgIpc) is 3.18. The first kappa shape index (κ1) is 18.2. The van der Waals surface area contributed by atoms with E-state index in [1.165, 1.54) is 37.4 Å². The van der Waals surface area contributed by atoms with E-state index in [1.807, 2.05) is 43.3 Å². The molecule has 1 saturated heterocycles. The summed E-state index contributed by atoms with van der Waals surface area (Å²) in [5, 5.41) is 12.6. The van der Waals surface area contributed by atoms with Crippen molar-refractivity contribution in [3.8, 4) is 0 Å². The normalized spacial score (nSPS) is 16.6. The number of anilines is 3. The van der Waals surface area contributed by atoms with Crippen LogP contribution in [0.15, 0.2) is 29.4 Å². The largest absolute Gasteiger partial charge is 0.378 e. The Bertz CT molecular complexity index is 793. The molecule has 0 atom stereocenters. The van der Waals surface area contributed by atoms with Crippen LogP contribution in [0.25, 0.3) is 0 Å². The third-order valence-electron chi connectivity index (χ3n) is 4.95. The van der Waals surface area contributed by atoms with Crippen molar-refractivity contribution in [1.29, 1.82) is 0 Å². The van der Waals surface area contributed by atoms with Gasteiger partial charge in [0, 0.05) is 44.6 Å². The van der Waals surface area contributed by atoms with Gasteiger partial charge in [-0.15, -0.1) is 10.2 Å². The SMILES string of the molecule is CN(C)c1ccc(NC(=O)CSc2nnc(N3CCCC3)n2C2CC2)cc1. The Hall–Kier alpha value is -2.22. The number of thioether (sulfide) groups is 1. The molecular formula is C19H26N6OS. The van der Waals surface area contributed by atoms with Gasteiger partial charge < -0.3 is 15.1 Å². The van der Waals surface area contributed by atoms with E-state index in [9.17, 15) is 4.79 Å². The molecule has 2 fully saturated rings. The highest BCUT2D eigenvalue weighted by Gasteiger charge is 2.32. The Morgan fingerprint density at radius 3 is 2.52 bits per heavy atom. The maximum absolute atomic E-state index is 12.4. The summed E-state index contributed by atoms with van der Waals surface area (Å²) in [6, 6.07) is 8.34. The summed E-state index contributed by atoms with van der Waals surface area (Å²) in [7, 11) is 3.99. The number of rotatable bonds is 7. The fraction of sp³-hybridized carbons (Fsp3) is 0.526. The van der Waals surface area contributed by atoms with Gasteiger partial charge in [-0.2, -0.15) is 0 Å². The molecular weight excluding hydrogens is 360 g/mol. The molecule has 7 nitrogen and oxygen atoms in total. The van der Waals surface area contributed by atoms with Crippen LogP contribution in [-0.4, -0.2) is 53.6 Å². The van der Waals surface area contributed by atoms with Crippen molar-refractivity contribution < 1.29 is 4.79 Å². The van der Waals surface area contributed by atoms with Crippen molar-refractivity contribution in [2.45, 2.75) is 36.9 Å². The smallest absolute Gasteiger partial charge is 0.234 e. The molecule has 144 valence electrons. The minimum atomic E-state index is -0.0225. The zero-order valence-corrected chi connectivity index (χ0v) is 16.7. The second-order valence-corrected chi connectivity index (χ2v) is 8.30. The molecule has 1 saturated carbocycles. The lowest BCUT2D eigenvalue weighted by molar-refractivity contribution is -0.113. The van der Waals surface area contributed by atoms with Gasteiger partial charge in [0.05, 0.1) is 5.75 Å². The number of nitrogens with one attached hydrogen (secondary N) is 1. The molecule has 1 N–H and O–H groups in total. The first-order valence-corrected chi connectivity index (χ1v) is 10.5. The maximum atomic E-state index is 12.4. The van der Waals surface area contributed by atoms with Crippen molar-refractivity contribution in [2.24, 2.45) is 0 Å². The Kier molecular flexibility index (Phi) is 5.24. The highest BCUT2D eigenvalue weighted by Crippen LogP contribution is 2.41. The molecule has 2 heterocycles. The highest BCUT2D eigenvalue weighted by atomic mass is 32.2. The van der Waals surface area contributed by atoms with E-state index >= 15 is 0 Å². The van der Waals surface area contributed by atoms with Crippen LogP contribution in [0.4, 0.5) is 17.3 Å². The highest BCUT2D eigenvalue weighted by molar-refractivity contribution is 7.99. The lowest BCUT2D eigenvalue weighted by atomic mass is 10.2. The maximum Gasteiger partial charge on any atom is 0.234 e. The molecule has 2 aliphatic rings. The molecule has 1 aliphatic carbocycles. The fourth-order valence-corrected chi connectivity index (χ4v) is 4.12. The van der Waals surface area contributed by atoms with Gasteiger partial charge in [0.15, 0.2) is 5.16 Å². The summed E-state index contributed by atoms with van der Waals surface area (Å²) in [5.41, 5.74) is 1.92. The second-order valence-electron chi connectivity index (χ2n) is 7.36. The average molecular weight is 387 g/mol. The number of aromatic nitrogens is 3. The zero-order valence-electron chi connectivity index (χ0n) is 15.9.